The molecular weight excluding hydrogens is 290 g/mol. The first-order valence-corrected chi connectivity index (χ1v) is 7.66. The number of hydrogen-bond donors (Lipinski definition) is 1. The first-order chi connectivity index (χ1) is 9.37. The van der Waals surface area contributed by atoms with Crippen molar-refractivity contribution in [1.29, 1.82) is 0 Å². The monoisotopic (exact) mass is 306 g/mol. The van der Waals surface area contributed by atoms with Gasteiger partial charge in [0.1, 0.15) is 4.90 Å². The van der Waals surface area contributed by atoms with Gasteiger partial charge in [0.25, 0.3) is 0 Å². The van der Waals surface area contributed by atoms with Crippen molar-refractivity contribution in [2.75, 3.05) is 25.5 Å². The van der Waals surface area contributed by atoms with Gasteiger partial charge in [-0.1, -0.05) is 6.92 Å². The van der Waals surface area contributed by atoms with Gasteiger partial charge in [0.2, 0.25) is 10.0 Å². The second kappa shape index (κ2) is 5.63. The third-order valence-corrected chi connectivity index (χ3v) is 5.20. The summed E-state index contributed by atoms with van der Waals surface area (Å²) in [6.07, 6.45) is 0.519. The predicted octanol–water partition coefficient (Wildman–Crippen LogP) is 1.35. The highest BCUT2D eigenvalue weighted by Crippen LogP contribution is 2.27. The summed E-state index contributed by atoms with van der Waals surface area (Å²) in [6, 6.07) is 1.30. The minimum atomic E-state index is -4.14. The number of hydrogen-bond acceptors (Lipinski definition) is 4. The van der Waals surface area contributed by atoms with Crippen LogP contribution < -0.4 is 5.73 Å². The van der Waals surface area contributed by atoms with Crippen LogP contribution in [0, 0.1) is 11.6 Å². The summed E-state index contributed by atoms with van der Waals surface area (Å²) in [7, 11) is -4.14. The second-order valence-electron chi connectivity index (χ2n) is 4.57. The van der Waals surface area contributed by atoms with Gasteiger partial charge in [-0.15, -0.1) is 0 Å². The Morgan fingerprint density at radius 2 is 2.15 bits per heavy atom. The Labute approximate surface area is 116 Å². The summed E-state index contributed by atoms with van der Waals surface area (Å²) in [4.78, 5) is -0.727. The molecule has 20 heavy (non-hydrogen) atoms. The topological polar surface area (TPSA) is 72.6 Å². The lowest BCUT2D eigenvalue weighted by molar-refractivity contribution is 0.0313. The highest BCUT2D eigenvalue weighted by Gasteiger charge is 2.35. The second-order valence-corrected chi connectivity index (χ2v) is 6.43. The first-order valence-electron chi connectivity index (χ1n) is 6.22. The lowest BCUT2D eigenvalue weighted by atomic mass is 10.2. The molecule has 2 rings (SSSR count). The smallest absolute Gasteiger partial charge is 0.246 e. The summed E-state index contributed by atoms with van der Waals surface area (Å²) < 4.78 is 58.5. The maximum absolute atomic E-state index is 13.8. The maximum atomic E-state index is 13.8. The number of nitrogens with two attached hydrogens (primary N) is 1. The number of anilines is 1. The van der Waals surface area contributed by atoms with E-state index in [9.17, 15) is 17.2 Å². The molecule has 1 aliphatic rings. The van der Waals surface area contributed by atoms with Crippen molar-refractivity contribution < 1.29 is 21.9 Å². The highest BCUT2D eigenvalue weighted by atomic mass is 32.2. The highest BCUT2D eigenvalue weighted by molar-refractivity contribution is 7.89. The zero-order valence-corrected chi connectivity index (χ0v) is 11.8. The molecule has 0 aromatic heterocycles. The summed E-state index contributed by atoms with van der Waals surface area (Å²) in [5.41, 5.74) is 5.27. The Balaban J connectivity index is 2.49. The molecule has 1 aliphatic heterocycles. The molecule has 0 aliphatic carbocycles. The number of benzene rings is 1. The average Bonchev–Trinajstić information content (AvgIpc) is 2.42. The number of nitrogen functional groups attached to an aromatic ring is 1. The first kappa shape index (κ1) is 15.1. The van der Waals surface area contributed by atoms with Crippen LogP contribution in [0.1, 0.15) is 13.3 Å². The van der Waals surface area contributed by atoms with E-state index in [-0.39, 0.29) is 25.4 Å². The van der Waals surface area contributed by atoms with Crippen LogP contribution in [0.15, 0.2) is 17.0 Å². The van der Waals surface area contributed by atoms with E-state index < -0.39 is 32.6 Å². The predicted molar refractivity (Wildman–Crippen MR) is 69.6 cm³/mol. The molecule has 1 atom stereocenters. The van der Waals surface area contributed by atoms with Gasteiger partial charge in [-0.3, -0.25) is 0 Å². The minimum Gasteiger partial charge on any atom is -0.399 e. The largest absolute Gasteiger partial charge is 0.399 e. The quantitative estimate of drug-likeness (QED) is 0.856. The Morgan fingerprint density at radius 1 is 1.45 bits per heavy atom. The van der Waals surface area contributed by atoms with E-state index in [1.54, 1.807) is 6.92 Å². The van der Waals surface area contributed by atoms with Crippen molar-refractivity contribution in [2.24, 2.45) is 0 Å². The van der Waals surface area contributed by atoms with E-state index in [0.717, 1.165) is 16.4 Å². The fraction of sp³-hybridized carbons (Fsp3) is 0.500. The molecule has 5 nitrogen and oxygen atoms in total. The number of ether oxygens (including phenoxy) is 1. The molecule has 1 heterocycles. The van der Waals surface area contributed by atoms with Crippen LogP contribution in [0.4, 0.5) is 14.5 Å². The zero-order chi connectivity index (χ0) is 14.9. The summed E-state index contributed by atoms with van der Waals surface area (Å²) in [5, 5.41) is 0. The Morgan fingerprint density at radius 3 is 2.80 bits per heavy atom. The molecule has 1 aromatic carbocycles. The van der Waals surface area contributed by atoms with E-state index >= 15 is 0 Å². The van der Waals surface area contributed by atoms with Crippen LogP contribution in [0.3, 0.4) is 0 Å². The standard InChI is InChI=1S/C12H16F2N2O3S/c1-2-9-7-19-4-3-16(9)20(17,18)11-6-8(15)5-10(13)12(11)14/h5-6,9H,2-4,7,15H2,1H3. The number of nitrogens with zero attached hydrogens (tertiary/aromatic N) is 1. The Bertz CT molecular complexity index is 607. The molecule has 0 radical (unpaired) electrons. The SMILES string of the molecule is CCC1COCCN1S(=O)(=O)c1cc(N)cc(F)c1F. The lowest BCUT2D eigenvalue weighted by Gasteiger charge is -2.34. The summed E-state index contributed by atoms with van der Waals surface area (Å²) in [6.45, 7) is 2.37. The van der Waals surface area contributed by atoms with Gasteiger partial charge in [-0.2, -0.15) is 4.31 Å². The lowest BCUT2D eigenvalue weighted by Crippen LogP contribution is -2.48. The Kier molecular flexibility index (Phi) is 4.26. The average molecular weight is 306 g/mol. The van der Waals surface area contributed by atoms with Gasteiger partial charge in [-0.05, 0) is 18.6 Å². The van der Waals surface area contributed by atoms with E-state index in [1.165, 1.54) is 0 Å². The van der Waals surface area contributed by atoms with E-state index in [1.807, 2.05) is 0 Å². The maximum Gasteiger partial charge on any atom is 0.246 e. The van der Waals surface area contributed by atoms with Crippen molar-refractivity contribution >= 4 is 15.7 Å². The fourth-order valence-electron chi connectivity index (χ4n) is 2.18. The van der Waals surface area contributed by atoms with Crippen LogP contribution >= 0.6 is 0 Å². The third-order valence-electron chi connectivity index (χ3n) is 3.25. The molecule has 0 spiro atoms. The molecule has 1 saturated heterocycles. The van der Waals surface area contributed by atoms with Crippen LogP contribution in [0.25, 0.3) is 0 Å². The van der Waals surface area contributed by atoms with Crippen LogP contribution in [-0.4, -0.2) is 38.5 Å². The molecule has 0 amide bonds. The van der Waals surface area contributed by atoms with E-state index in [2.05, 4.69) is 0 Å². The number of rotatable bonds is 3. The van der Waals surface area contributed by atoms with Crippen molar-refractivity contribution in [1.82, 2.24) is 4.31 Å². The van der Waals surface area contributed by atoms with Crippen LogP contribution in [0.5, 0.6) is 0 Å². The number of morpholine rings is 1. The Hall–Kier alpha value is -1.25. The van der Waals surface area contributed by atoms with Gasteiger partial charge in [0.15, 0.2) is 11.6 Å². The van der Waals surface area contributed by atoms with Gasteiger partial charge in [-0.25, -0.2) is 17.2 Å². The van der Waals surface area contributed by atoms with Crippen molar-refractivity contribution in [2.45, 2.75) is 24.3 Å². The van der Waals surface area contributed by atoms with Crippen molar-refractivity contribution in [3.05, 3.63) is 23.8 Å². The van der Waals surface area contributed by atoms with E-state index in [4.69, 9.17) is 10.5 Å². The van der Waals surface area contributed by atoms with Gasteiger partial charge in [0.05, 0.1) is 13.2 Å². The molecule has 0 bridgehead atoms. The van der Waals surface area contributed by atoms with Gasteiger partial charge in [0, 0.05) is 18.3 Å². The molecule has 2 N–H and O–H groups in total. The number of sulfonamides is 1. The fourth-order valence-corrected chi connectivity index (χ4v) is 3.95. The van der Waals surface area contributed by atoms with Crippen molar-refractivity contribution in [3.63, 3.8) is 0 Å². The van der Waals surface area contributed by atoms with Gasteiger partial charge >= 0.3 is 0 Å². The molecule has 112 valence electrons. The molecule has 8 heteroatoms. The molecule has 1 unspecified atom stereocenters. The number of halogens is 2. The molecule has 1 fully saturated rings. The summed E-state index contributed by atoms with van der Waals surface area (Å²) in [5.74, 6) is -2.68. The van der Waals surface area contributed by atoms with Gasteiger partial charge < -0.3 is 10.5 Å². The normalized spacial score (nSPS) is 21.1. The zero-order valence-electron chi connectivity index (χ0n) is 11.0. The molecular formula is C12H16F2N2O3S. The third kappa shape index (κ3) is 2.63. The van der Waals surface area contributed by atoms with Crippen molar-refractivity contribution in [3.8, 4) is 0 Å². The van der Waals surface area contributed by atoms with Crippen LogP contribution in [0.2, 0.25) is 0 Å². The summed E-state index contributed by atoms with van der Waals surface area (Å²) >= 11 is 0. The molecule has 0 saturated carbocycles. The van der Waals surface area contributed by atoms with Crippen LogP contribution in [-0.2, 0) is 14.8 Å². The minimum absolute atomic E-state index is 0.108. The molecule has 1 aromatic rings. The van der Waals surface area contributed by atoms with E-state index in [0.29, 0.717) is 6.42 Å².